The predicted octanol–water partition coefficient (Wildman–Crippen LogP) is 3.38. The molecule has 15 heteroatoms. The topological polar surface area (TPSA) is 113 Å². The van der Waals surface area contributed by atoms with Gasteiger partial charge in [-0.1, -0.05) is 12.1 Å². The number of halogens is 6. The summed E-state index contributed by atoms with van der Waals surface area (Å²) in [6, 6.07) is 6.90. The normalized spacial score (nSPS) is 19.2. The van der Waals surface area contributed by atoms with Crippen LogP contribution < -0.4 is 5.32 Å². The summed E-state index contributed by atoms with van der Waals surface area (Å²) < 4.78 is 72.7. The van der Waals surface area contributed by atoms with Crippen molar-refractivity contribution in [2.75, 3.05) is 6.54 Å². The van der Waals surface area contributed by atoms with Crippen LogP contribution in [0.15, 0.2) is 48.9 Å². The number of carboxylic acid groups (broad SMARTS) is 1. The minimum absolute atomic E-state index is 0.0132. The van der Waals surface area contributed by atoms with Crippen molar-refractivity contribution in [2.45, 2.75) is 43.9 Å². The zero-order valence-corrected chi connectivity index (χ0v) is 19.4. The fourth-order valence-corrected chi connectivity index (χ4v) is 4.18. The average molecular weight is 542 g/mol. The van der Waals surface area contributed by atoms with Crippen molar-refractivity contribution in [3.8, 4) is 11.4 Å². The second-order valence-electron chi connectivity index (χ2n) is 8.60. The van der Waals surface area contributed by atoms with Crippen LogP contribution in [0.1, 0.15) is 28.0 Å². The summed E-state index contributed by atoms with van der Waals surface area (Å²) in [4.78, 5) is 32.2. The van der Waals surface area contributed by atoms with Gasteiger partial charge in [0.2, 0.25) is 0 Å². The summed E-state index contributed by atoms with van der Waals surface area (Å²) >= 11 is 0. The van der Waals surface area contributed by atoms with Crippen LogP contribution >= 0.6 is 0 Å². The van der Waals surface area contributed by atoms with Gasteiger partial charge in [0.25, 0.3) is 5.91 Å². The summed E-state index contributed by atoms with van der Waals surface area (Å²) in [5.74, 6) is -2.86. The number of carboxylic acids is 1. The van der Waals surface area contributed by atoms with E-state index in [1.54, 1.807) is 17.3 Å². The lowest BCUT2D eigenvalue weighted by atomic mass is 10.1. The average Bonchev–Trinajstić information content (AvgIpc) is 3.60. The molecule has 0 saturated carbocycles. The molecule has 2 aliphatic rings. The summed E-state index contributed by atoms with van der Waals surface area (Å²) in [5, 5.41) is 14.8. The lowest BCUT2D eigenvalue weighted by molar-refractivity contribution is -0.192. The van der Waals surface area contributed by atoms with Crippen molar-refractivity contribution < 1.29 is 41.0 Å². The monoisotopic (exact) mass is 542 g/mol. The van der Waals surface area contributed by atoms with E-state index in [2.05, 4.69) is 20.4 Å². The van der Waals surface area contributed by atoms with Gasteiger partial charge in [0, 0.05) is 48.3 Å². The number of aromatic nitrogens is 4. The van der Waals surface area contributed by atoms with E-state index in [0.717, 1.165) is 25.1 Å². The summed E-state index contributed by atoms with van der Waals surface area (Å²) in [6.07, 6.45) is -3.58. The first-order chi connectivity index (χ1) is 17.8. The third-order valence-electron chi connectivity index (χ3n) is 5.97. The van der Waals surface area contributed by atoms with Crippen LogP contribution in [0.25, 0.3) is 11.4 Å². The van der Waals surface area contributed by atoms with E-state index in [-0.39, 0.29) is 35.1 Å². The first-order valence-electron chi connectivity index (χ1n) is 11.2. The molecule has 1 fully saturated rings. The molecule has 9 nitrogen and oxygen atoms in total. The van der Waals surface area contributed by atoms with Gasteiger partial charge in [0.05, 0.1) is 18.7 Å². The molecule has 1 saturated heterocycles. The largest absolute Gasteiger partial charge is 0.490 e. The molecule has 202 valence electrons. The van der Waals surface area contributed by atoms with Crippen LogP contribution in [0.5, 0.6) is 0 Å². The van der Waals surface area contributed by atoms with Gasteiger partial charge in [-0.25, -0.2) is 14.8 Å². The Hall–Kier alpha value is -4.01. The molecule has 2 aliphatic heterocycles. The van der Waals surface area contributed by atoms with Crippen molar-refractivity contribution >= 4 is 11.9 Å². The number of nitrogens with zero attached hydrogens (tertiary/aromatic N) is 5. The Morgan fingerprint density at radius 1 is 1.16 bits per heavy atom. The number of rotatable bonds is 4. The molecule has 4 heterocycles. The molecule has 2 aromatic heterocycles. The highest BCUT2D eigenvalue weighted by molar-refractivity contribution is 5.97. The molecule has 1 amide bonds. The Balaban J connectivity index is 0.000000426. The van der Waals surface area contributed by atoms with Gasteiger partial charge in [-0.05, 0) is 24.6 Å². The number of alkyl halides is 6. The number of amides is 1. The number of aliphatic carboxylic acids is 1. The number of carbonyl (C=O) groups excluding carboxylic acids is 1. The SMILES string of the molecule is O=C(O)C(F)(F)F.O=C1c2nc(-c3cccc(C(F)(F)F)c3)ncc2CN1[C@H]1CN[C@H](Cn2cccn2)C1. The molecule has 0 unspecified atom stereocenters. The third-order valence-corrected chi connectivity index (χ3v) is 5.97. The van der Waals surface area contributed by atoms with E-state index in [9.17, 15) is 31.1 Å². The molecule has 0 bridgehead atoms. The smallest absolute Gasteiger partial charge is 0.475 e. The second kappa shape index (κ2) is 10.4. The van der Waals surface area contributed by atoms with E-state index in [0.29, 0.717) is 18.7 Å². The van der Waals surface area contributed by atoms with Crippen LogP contribution in [0, 0.1) is 0 Å². The van der Waals surface area contributed by atoms with Crippen molar-refractivity contribution in [3.63, 3.8) is 0 Å². The lowest BCUT2D eigenvalue weighted by Gasteiger charge is -2.22. The van der Waals surface area contributed by atoms with Gasteiger partial charge >= 0.3 is 18.3 Å². The number of fused-ring (bicyclic) bond motifs is 1. The van der Waals surface area contributed by atoms with E-state index >= 15 is 0 Å². The first-order valence-corrected chi connectivity index (χ1v) is 11.2. The fraction of sp³-hybridized carbons (Fsp3) is 0.348. The molecular weight excluding hydrogens is 522 g/mol. The maximum absolute atomic E-state index is 13.0. The molecular formula is C23H20F6N6O3. The number of carbonyl (C=O) groups is 2. The molecule has 5 rings (SSSR count). The van der Waals surface area contributed by atoms with Gasteiger partial charge in [-0.3, -0.25) is 9.48 Å². The molecule has 0 aliphatic carbocycles. The van der Waals surface area contributed by atoms with Crippen molar-refractivity contribution in [1.29, 1.82) is 0 Å². The molecule has 1 aromatic carbocycles. The Morgan fingerprint density at radius 3 is 2.53 bits per heavy atom. The molecule has 0 radical (unpaired) electrons. The van der Waals surface area contributed by atoms with E-state index < -0.39 is 23.9 Å². The van der Waals surface area contributed by atoms with Gasteiger partial charge in [0.1, 0.15) is 5.69 Å². The van der Waals surface area contributed by atoms with E-state index in [4.69, 9.17) is 9.90 Å². The number of hydrogen-bond acceptors (Lipinski definition) is 6. The van der Waals surface area contributed by atoms with Crippen LogP contribution in [0.3, 0.4) is 0 Å². The standard InChI is InChI=1S/C21H19F3N6O.C2HF3O2/c22-21(23,24)15-4-1-3-13(7-15)19-26-9-14-11-30(20(31)18(14)28-19)17-8-16(25-10-17)12-29-6-2-5-27-29;3-2(4,5)1(6)7/h1-7,9,16-17,25H,8,10-12H2;(H,6,7)/t16-,17+;/m0./s1. The zero-order valence-electron chi connectivity index (χ0n) is 19.4. The Kier molecular flexibility index (Phi) is 7.40. The Morgan fingerprint density at radius 2 is 1.89 bits per heavy atom. The first kappa shape index (κ1) is 27.0. The van der Waals surface area contributed by atoms with Crippen molar-refractivity contribution in [1.82, 2.24) is 30.0 Å². The third kappa shape index (κ3) is 6.10. The van der Waals surface area contributed by atoms with Crippen LogP contribution in [-0.2, 0) is 24.1 Å². The van der Waals surface area contributed by atoms with E-state index in [1.165, 1.54) is 12.1 Å². The molecule has 38 heavy (non-hydrogen) atoms. The highest BCUT2D eigenvalue weighted by atomic mass is 19.4. The Bertz CT molecular complexity index is 1310. The number of nitrogens with one attached hydrogen (secondary N) is 1. The highest BCUT2D eigenvalue weighted by Crippen LogP contribution is 2.32. The Labute approximate surface area is 211 Å². The summed E-state index contributed by atoms with van der Waals surface area (Å²) in [5.41, 5.74) is 0.405. The zero-order chi connectivity index (χ0) is 27.7. The van der Waals surface area contributed by atoms with Crippen LogP contribution in [-0.4, -0.2) is 66.4 Å². The number of hydrogen-bond donors (Lipinski definition) is 2. The second-order valence-corrected chi connectivity index (χ2v) is 8.60. The number of benzene rings is 1. The van der Waals surface area contributed by atoms with Gasteiger partial charge in [0.15, 0.2) is 5.82 Å². The summed E-state index contributed by atoms with van der Waals surface area (Å²) in [7, 11) is 0. The van der Waals surface area contributed by atoms with Gasteiger partial charge < -0.3 is 15.3 Å². The van der Waals surface area contributed by atoms with E-state index in [1.807, 2.05) is 16.9 Å². The lowest BCUT2D eigenvalue weighted by Crippen LogP contribution is -2.37. The van der Waals surface area contributed by atoms with Crippen molar-refractivity contribution in [2.24, 2.45) is 0 Å². The van der Waals surface area contributed by atoms with Crippen LogP contribution in [0.4, 0.5) is 26.3 Å². The quantitative estimate of drug-likeness (QED) is 0.486. The highest BCUT2D eigenvalue weighted by Gasteiger charge is 2.39. The predicted molar refractivity (Wildman–Crippen MR) is 118 cm³/mol. The van der Waals surface area contributed by atoms with Crippen molar-refractivity contribution in [3.05, 3.63) is 65.7 Å². The molecule has 3 aromatic rings. The maximum atomic E-state index is 13.0. The molecule has 2 atom stereocenters. The molecule has 0 spiro atoms. The summed E-state index contributed by atoms with van der Waals surface area (Å²) in [6.45, 7) is 1.79. The van der Waals surface area contributed by atoms with Gasteiger partial charge in [-0.15, -0.1) is 0 Å². The van der Waals surface area contributed by atoms with Gasteiger partial charge in [-0.2, -0.15) is 31.4 Å². The molecule has 2 N–H and O–H groups in total. The minimum Gasteiger partial charge on any atom is -0.475 e. The fourth-order valence-electron chi connectivity index (χ4n) is 4.18. The maximum Gasteiger partial charge on any atom is 0.490 e. The van der Waals surface area contributed by atoms with Crippen LogP contribution in [0.2, 0.25) is 0 Å². The minimum atomic E-state index is -5.08.